The molecule has 2 fully saturated rings. The van der Waals surface area contributed by atoms with Crippen LogP contribution in [0.15, 0.2) is 109 Å². The molecule has 2 unspecified atom stereocenters. The minimum Gasteiger partial charge on any atom is -0.491 e. The van der Waals surface area contributed by atoms with E-state index in [4.69, 9.17) is 18.9 Å². The van der Waals surface area contributed by atoms with Crippen molar-refractivity contribution < 1.29 is 18.9 Å². The Morgan fingerprint density at radius 2 is 0.694 bits per heavy atom. The van der Waals surface area contributed by atoms with E-state index >= 15 is 0 Å². The zero-order valence-corrected chi connectivity index (χ0v) is 33.1. The van der Waals surface area contributed by atoms with E-state index in [9.17, 15) is 0 Å². The minimum atomic E-state index is 0.343. The molecule has 0 spiro atoms. The first kappa shape index (κ1) is 47.5. The lowest BCUT2D eigenvalue weighted by Gasteiger charge is -2.01. The van der Waals surface area contributed by atoms with Gasteiger partial charge in [-0.05, 0) is 52.0 Å². The number of para-hydroxylation sites is 2. The highest BCUT2D eigenvalue weighted by Crippen LogP contribution is 2.14. The first-order chi connectivity index (χ1) is 23.7. The Morgan fingerprint density at radius 3 is 0.878 bits per heavy atom. The molecule has 6 rings (SSSR count). The molecule has 4 aromatic rings. The summed E-state index contributed by atoms with van der Waals surface area (Å²) in [5, 5.41) is 0. The molecule has 2 aliphatic rings. The fourth-order valence-corrected chi connectivity index (χ4v) is 3.35. The lowest BCUT2D eigenvalue weighted by molar-refractivity contribution is 0.263. The third-order valence-electron chi connectivity index (χ3n) is 5.51. The van der Waals surface area contributed by atoms with Crippen LogP contribution in [0.4, 0.5) is 0 Å². The summed E-state index contributed by atoms with van der Waals surface area (Å²) in [5.74, 6) is 1.84. The van der Waals surface area contributed by atoms with Gasteiger partial charge < -0.3 is 18.9 Å². The summed E-state index contributed by atoms with van der Waals surface area (Å²) in [7, 11) is 0. The zero-order chi connectivity index (χ0) is 37.1. The van der Waals surface area contributed by atoms with Crippen molar-refractivity contribution >= 4 is 0 Å². The molecule has 4 aromatic carbocycles. The average molecular weight is 675 g/mol. The van der Waals surface area contributed by atoms with Gasteiger partial charge in [0.1, 0.15) is 36.9 Å². The monoisotopic (exact) mass is 675 g/mol. The average Bonchev–Trinajstić information content (AvgIpc) is 4.03. The largest absolute Gasteiger partial charge is 0.491 e. The van der Waals surface area contributed by atoms with Crippen LogP contribution >= 0.6 is 0 Å². The first-order valence-corrected chi connectivity index (χ1v) is 18.4. The molecule has 2 aliphatic heterocycles. The lowest BCUT2D eigenvalue weighted by atomic mass is 10.2. The summed E-state index contributed by atoms with van der Waals surface area (Å²) in [6, 6.07) is 36.5. The van der Waals surface area contributed by atoms with Gasteiger partial charge in [0.25, 0.3) is 0 Å². The van der Waals surface area contributed by atoms with Crippen LogP contribution in [0.25, 0.3) is 0 Å². The second-order valence-corrected chi connectivity index (χ2v) is 11.6. The molecule has 274 valence electrons. The van der Waals surface area contributed by atoms with Crippen molar-refractivity contribution in [3.05, 3.63) is 131 Å². The maximum atomic E-state index is 5.40. The van der Waals surface area contributed by atoms with Crippen molar-refractivity contribution in [3.8, 4) is 11.5 Å². The number of benzene rings is 4. The molecular weight excluding hydrogens is 604 g/mol. The quantitative estimate of drug-likeness (QED) is 0.191. The maximum absolute atomic E-state index is 5.40. The minimum absolute atomic E-state index is 0.343. The summed E-state index contributed by atoms with van der Waals surface area (Å²) < 4.78 is 20.8. The Hall–Kier alpha value is -3.60. The molecule has 2 atom stereocenters. The van der Waals surface area contributed by atoms with Gasteiger partial charge in [0, 0.05) is 0 Å². The highest BCUT2D eigenvalue weighted by Gasteiger charge is 2.23. The van der Waals surface area contributed by atoms with E-state index in [-0.39, 0.29) is 0 Å². The van der Waals surface area contributed by atoms with E-state index < -0.39 is 0 Å². The van der Waals surface area contributed by atoms with Crippen LogP contribution in [0, 0.1) is 27.7 Å². The fourth-order valence-electron chi connectivity index (χ4n) is 3.35. The van der Waals surface area contributed by atoms with Gasteiger partial charge in [-0.2, -0.15) is 0 Å². The van der Waals surface area contributed by atoms with E-state index in [0.29, 0.717) is 25.4 Å². The highest BCUT2D eigenvalue weighted by molar-refractivity contribution is 5.22. The van der Waals surface area contributed by atoms with Crippen LogP contribution in [-0.4, -0.2) is 38.6 Å². The van der Waals surface area contributed by atoms with Crippen molar-refractivity contribution in [3.63, 3.8) is 0 Å². The van der Waals surface area contributed by atoms with E-state index in [1.807, 2.05) is 74.5 Å². The number of hydrogen-bond acceptors (Lipinski definition) is 4. The van der Waals surface area contributed by atoms with Gasteiger partial charge in [0.05, 0.1) is 13.2 Å². The van der Waals surface area contributed by atoms with Gasteiger partial charge in [-0.3, -0.25) is 0 Å². The molecule has 4 heteroatoms. The molecule has 4 nitrogen and oxygen atoms in total. The summed E-state index contributed by atoms with van der Waals surface area (Å²) in [5.41, 5.74) is 5.35. The second kappa shape index (κ2) is 34.3. The predicted octanol–water partition coefficient (Wildman–Crippen LogP) is 12.8. The molecule has 2 heterocycles. The van der Waals surface area contributed by atoms with E-state index in [0.717, 1.165) is 24.7 Å². The van der Waals surface area contributed by atoms with Crippen LogP contribution in [-0.2, 0) is 9.47 Å². The zero-order valence-electron chi connectivity index (χ0n) is 33.1. The standard InChI is InChI=1S/2C9H10O2.2C8H10.3C3H8.C2H6/c2*1-2-4-8(5-3-1)10-6-9-7-11-9;2*1-7-4-3-5-8(2)6-7;3*1-3-2;1-2/h2*1-5,9H,6-7H2;2*3-6H,1-2H3;3*3H2,1-2H3;1-2H3. The van der Waals surface area contributed by atoms with Gasteiger partial charge in [0.2, 0.25) is 0 Å². The van der Waals surface area contributed by atoms with Crippen molar-refractivity contribution in [2.45, 2.75) is 115 Å². The molecule has 0 N–H and O–H groups in total. The van der Waals surface area contributed by atoms with Crippen LogP contribution in [0.3, 0.4) is 0 Å². The smallest absolute Gasteiger partial charge is 0.119 e. The van der Waals surface area contributed by atoms with Gasteiger partial charge in [-0.1, -0.05) is 182 Å². The summed E-state index contributed by atoms with van der Waals surface area (Å²) in [4.78, 5) is 0. The molecule has 2 saturated heterocycles. The number of aryl methyl sites for hydroxylation is 4. The van der Waals surface area contributed by atoms with Crippen LogP contribution in [0.5, 0.6) is 11.5 Å². The SMILES string of the molecule is CC.CCC.CCC.CCC.Cc1cccc(C)c1.Cc1cccc(C)c1.c1ccc(OCC2CO2)cc1.c1ccc(OCC2CO2)cc1. The molecule has 0 radical (unpaired) electrons. The second-order valence-electron chi connectivity index (χ2n) is 11.6. The number of epoxide rings is 2. The van der Waals surface area contributed by atoms with Gasteiger partial charge >= 0.3 is 0 Å². The molecule has 0 saturated carbocycles. The van der Waals surface area contributed by atoms with E-state index in [2.05, 4.69) is 118 Å². The first-order valence-electron chi connectivity index (χ1n) is 18.4. The lowest BCUT2D eigenvalue weighted by Crippen LogP contribution is -2.03. The molecular formula is C45H70O4. The Kier molecular flexibility index (Phi) is 33.2. The maximum Gasteiger partial charge on any atom is 0.119 e. The highest BCUT2D eigenvalue weighted by atomic mass is 16.6. The van der Waals surface area contributed by atoms with Crippen molar-refractivity contribution in [2.24, 2.45) is 0 Å². The van der Waals surface area contributed by atoms with Crippen LogP contribution in [0.2, 0.25) is 0 Å². The summed E-state index contributed by atoms with van der Waals surface area (Å²) in [6.45, 7) is 28.2. The number of hydrogen-bond donors (Lipinski definition) is 0. The molecule has 0 bridgehead atoms. The summed E-state index contributed by atoms with van der Waals surface area (Å²) in [6.07, 6.45) is 4.44. The van der Waals surface area contributed by atoms with Gasteiger partial charge in [0.15, 0.2) is 0 Å². The number of ether oxygens (including phenoxy) is 4. The van der Waals surface area contributed by atoms with Crippen molar-refractivity contribution in [1.82, 2.24) is 0 Å². The molecule has 0 aromatic heterocycles. The Labute approximate surface area is 302 Å². The van der Waals surface area contributed by atoms with E-state index in [1.165, 1.54) is 41.5 Å². The van der Waals surface area contributed by atoms with Gasteiger partial charge in [-0.25, -0.2) is 0 Å². The van der Waals surface area contributed by atoms with Crippen molar-refractivity contribution in [1.29, 1.82) is 0 Å². The van der Waals surface area contributed by atoms with Gasteiger partial charge in [-0.15, -0.1) is 0 Å². The third kappa shape index (κ3) is 34.1. The molecule has 49 heavy (non-hydrogen) atoms. The molecule has 0 amide bonds. The van der Waals surface area contributed by atoms with Crippen LogP contribution < -0.4 is 9.47 Å². The number of rotatable bonds is 6. The summed E-state index contributed by atoms with van der Waals surface area (Å²) >= 11 is 0. The van der Waals surface area contributed by atoms with E-state index in [1.54, 1.807) is 0 Å². The Balaban J connectivity index is 0. The molecule has 0 aliphatic carbocycles. The normalized spacial score (nSPS) is 13.8. The third-order valence-corrected chi connectivity index (χ3v) is 5.51. The Morgan fingerprint density at radius 1 is 0.449 bits per heavy atom. The topological polar surface area (TPSA) is 43.5 Å². The predicted molar refractivity (Wildman–Crippen MR) is 214 cm³/mol. The van der Waals surface area contributed by atoms with Crippen LogP contribution in [0.1, 0.15) is 96.9 Å². The van der Waals surface area contributed by atoms with Crippen molar-refractivity contribution in [2.75, 3.05) is 26.4 Å². The fraction of sp³-hybridized carbons (Fsp3) is 0.467. The Bertz CT molecular complexity index is 1080.